The van der Waals surface area contributed by atoms with Crippen LogP contribution in [0.1, 0.15) is 44.4 Å². The van der Waals surface area contributed by atoms with Gasteiger partial charge in [0.05, 0.1) is 0 Å². The van der Waals surface area contributed by atoms with Gasteiger partial charge in [-0.3, -0.25) is 9.59 Å². The van der Waals surface area contributed by atoms with E-state index in [2.05, 4.69) is 10.6 Å². The molecule has 2 amide bonds. The Kier molecular flexibility index (Phi) is 7.21. The van der Waals surface area contributed by atoms with E-state index in [1.807, 2.05) is 0 Å². The Balaban J connectivity index is 3.08. The Morgan fingerprint density at radius 1 is 1.11 bits per heavy atom. The molecule has 1 aromatic carbocycles. The summed E-state index contributed by atoms with van der Waals surface area (Å²) in [7, 11) is 0. The quantitative estimate of drug-likeness (QED) is 0.598. The number of aryl methyl sites for hydroxylation is 2. The van der Waals surface area contributed by atoms with E-state index in [4.69, 9.17) is 9.84 Å². The fraction of sp³-hybridized carbons (Fsp3) is 0.526. The monoisotopic (exact) mass is 380 g/mol. The number of phenols is 1. The molecule has 0 aliphatic heterocycles. The highest BCUT2D eigenvalue weighted by Crippen LogP contribution is 2.22. The number of nitrogens with one attached hydrogen (secondary N) is 2. The molecule has 8 nitrogen and oxygen atoms in total. The zero-order valence-corrected chi connectivity index (χ0v) is 16.5. The van der Waals surface area contributed by atoms with Crippen LogP contribution in [0.5, 0.6) is 5.75 Å². The number of aromatic hydroxyl groups is 1. The number of carbonyl (C=O) groups excluding carboxylic acids is 2. The zero-order valence-electron chi connectivity index (χ0n) is 16.5. The molecule has 0 unspecified atom stereocenters. The SMILES string of the molecule is Cc1cc(O)cc(C)c1C[C@H](NC(=O)OC(C)(C)C)C(=O)N[C@H](C)C(=O)O. The number of aliphatic carboxylic acids is 1. The van der Waals surface area contributed by atoms with Crippen molar-refractivity contribution in [2.45, 2.75) is 65.6 Å². The second-order valence-electron chi connectivity index (χ2n) is 7.53. The Morgan fingerprint density at radius 2 is 1.63 bits per heavy atom. The summed E-state index contributed by atoms with van der Waals surface area (Å²) in [4.78, 5) is 35.7. The van der Waals surface area contributed by atoms with Gasteiger partial charge in [-0.1, -0.05) is 0 Å². The summed E-state index contributed by atoms with van der Waals surface area (Å²) in [6, 6.07) is 0.973. The maximum absolute atomic E-state index is 12.6. The summed E-state index contributed by atoms with van der Waals surface area (Å²) in [5, 5.41) is 23.5. The molecule has 27 heavy (non-hydrogen) atoms. The highest BCUT2D eigenvalue weighted by Gasteiger charge is 2.27. The van der Waals surface area contributed by atoms with E-state index >= 15 is 0 Å². The lowest BCUT2D eigenvalue weighted by molar-refractivity contribution is -0.141. The number of carboxylic acids is 1. The molecule has 8 heteroatoms. The minimum atomic E-state index is -1.18. The molecule has 2 atom stereocenters. The molecule has 0 fully saturated rings. The summed E-state index contributed by atoms with van der Waals surface area (Å²) in [5.41, 5.74) is 1.53. The van der Waals surface area contributed by atoms with E-state index in [9.17, 15) is 19.5 Å². The van der Waals surface area contributed by atoms with E-state index in [0.717, 1.165) is 16.7 Å². The van der Waals surface area contributed by atoms with Crippen LogP contribution in [0.2, 0.25) is 0 Å². The molecular weight excluding hydrogens is 352 g/mol. The molecule has 0 spiro atoms. The van der Waals surface area contributed by atoms with Crippen molar-refractivity contribution in [1.82, 2.24) is 10.6 Å². The number of carboxylic acid groups (broad SMARTS) is 1. The van der Waals surface area contributed by atoms with Crippen LogP contribution >= 0.6 is 0 Å². The number of amides is 2. The Morgan fingerprint density at radius 3 is 2.07 bits per heavy atom. The van der Waals surface area contributed by atoms with Gasteiger partial charge in [0.2, 0.25) is 5.91 Å². The van der Waals surface area contributed by atoms with Gasteiger partial charge in [0, 0.05) is 6.42 Å². The van der Waals surface area contributed by atoms with Gasteiger partial charge in [0.1, 0.15) is 23.4 Å². The third-order valence-corrected chi connectivity index (χ3v) is 3.83. The van der Waals surface area contributed by atoms with Crippen molar-refractivity contribution in [1.29, 1.82) is 0 Å². The lowest BCUT2D eigenvalue weighted by Crippen LogP contribution is -2.52. The largest absolute Gasteiger partial charge is 0.508 e. The van der Waals surface area contributed by atoms with Crippen LogP contribution in [0.3, 0.4) is 0 Å². The minimum absolute atomic E-state index is 0.106. The van der Waals surface area contributed by atoms with Crippen LogP contribution in [-0.2, 0) is 20.7 Å². The van der Waals surface area contributed by atoms with E-state index in [1.165, 1.54) is 6.92 Å². The fourth-order valence-corrected chi connectivity index (χ4v) is 2.53. The van der Waals surface area contributed by atoms with Crippen molar-refractivity contribution in [3.05, 3.63) is 28.8 Å². The lowest BCUT2D eigenvalue weighted by atomic mass is 9.95. The van der Waals surface area contributed by atoms with E-state index in [0.29, 0.717) is 0 Å². The smallest absolute Gasteiger partial charge is 0.408 e. The van der Waals surface area contributed by atoms with Crippen LogP contribution in [-0.4, -0.2) is 45.9 Å². The second-order valence-corrected chi connectivity index (χ2v) is 7.53. The minimum Gasteiger partial charge on any atom is -0.508 e. The molecule has 0 heterocycles. The van der Waals surface area contributed by atoms with E-state index < -0.39 is 35.7 Å². The first-order valence-electron chi connectivity index (χ1n) is 8.62. The summed E-state index contributed by atoms with van der Waals surface area (Å²) < 4.78 is 5.20. The molecule has 150 valence electrons. The molecule has 1 aromatic rings. The van der Waals surface area contributed by atoms with Gasteiger partial charge in [0.15, 0.2) is 0 Å². The lowest BCUT2D eigenvalue weighted by Gasteiger charge is -2.25. The van der Waals surface area contributed by atoms with E-state index in [1.54, 1.807) is 46.8 Å². The van der Waals surface area contributed by atoms with Crippen LogP contribution in [0, 0.1) is 13.8 Å². The molecule has 0 aliphatic rings. The predicted molar refractivity (Wildman–Crippen MR) is 99.7 cm³/mol. The molecule has 0 aromatic heterocycles. The number of benzene rings is 1. The predicted octanol–water partition coefficient (Wildman–Crippen LogP) is 2.03. The van der Waals surface area contributed by atoms with Crippen molar-refractivity contribution in [2.75, 3.05) is 0 Å². The Hall–Kier alpha value is -2.77. The topological polar surface area (TPSA) is 125 Å². The van der Waals surface area contributed by atoms with E-state index in [-0.39, 0.29) is 12.2 Å². The zero-order chi connectivity index (χ0) is 20.9. The maximum Gasteiger partial charge on any atom is 0.408 e. The van der Waals surface area contributed by atoms with Crippen molar-refractivity contribution in [3.63, 3.8) is 0 Å². The Bertz CT molecular complexity index is 700. The van der Waals surface area contributed by atoms with Gasteiger partial charge in [-0.2, -0.15) is 0 Å². The normalized spacial score (nSPS) is 13.4. The van der Waals surface area contributed by atoms with Gasteiger partial charge in [-0.25, -0.2) is 4.79 Å². The number of hydrogen-bond acceptors (Lipinski definition) is 5. The first-order valence-corrected chi connectivity index (χ1v) is 8.62. The average molecular weight is 380 g/mol. The number of phenolic OH excluding ortho intramolecular Hbond substituents is 1. The van der Waals surface area contributed by atoms with Gasteiger partial charge in [-0.15, -0.1) is 0 Å². The van der Waals surface area contributed by atoms with Crippen molar-refractivity contribution < 1.29 is 29.3 Å². The first-order chi connectivity index (χ1) is 12.3. The molecule has 0 saturated heterocycles. The second kappa shape index (κ2) is 8.75. The highest BCUT2D eigenvalue weighted by atomic mass is 16.6. The third kappa shape index (κ3) is 7.16. The third-order valence-electron chi connectivity index (χ3n) is 3.83. The molecular formula is C19H28N2O6. The van der Waals surface area contributed by atoms with Crippen LogP contribution in [0.25, 0.3) is 0 Å². The summed E-state index contributed by atoms with van der Waals surface area (Å²) in [6.45, 7) is 9.99. The van der Waals surface area contributed by atoms with Gasteiger partial charge in [-0.05, 0) is 70.4 Å². The molecule has 1 rings (SSSR count). The molecule has 0 bridgehead atoms. The van der Waals surface area contributed by atoms with Gasteiger partial charge >= 0.3 is 12.1 Å². The standard InChI is InChI=1S/C19H28N2O6/c1-10-7-13(22)8-11(2)14(10)9-15(16(23)20-12(3)17(24)25)21-18(26)27-19(4,5)6/h7-8,12,15,22H,9H2,1-6H3,(H,20,23)(H,21,26)(H,24,25)/t12-,15+/m1/s1. The summed E-state index contributed by atoms with van der Waals surface area (Å²) >= 11 is 0. The van der Waals surface area contributed by atoms with Crippen LogP contribution in [0.4, 0.5) is 4.79 Å². The average Bonchev–Trinajstić information content (AvgIpc) is 2.47. The number of rotatable bonds is 6. The van der Waals surface area contributed by atoms with Crippen molar-refractivity contribution in [3.8, 4) is 5.75 Å². The van der Waals surface area contributed by atoms with Gasteiger partial charge < -0.3 is 25.6 Å². The fourth-order valence-electron chi connectivity index (χ4n) is 2.53. The van der Waals surface area contributed by atoms with Crippen LogP contribution < -0.4 is 10.6 Å². The van der Waals surface area contributed by atoms with Crippen molar-refractivity contribution in [2.24, 2.45) is 0 Å². The Labute approximate surface area is 158 Å². The van der Waals surface area contributed by atoms with Gasteiger partial charge in [0.25, 0.3) is 0 Å². The number of hydrogen-bond donors (Lipinski definition) is 4. The maximum atomic E-state index is 12.6. The number of ether oxygens (including phenoxy) is 1. The summed E-state index contributed by atoms with van der Waals surface area (Å²) in [5.74, 6) is -1.71. The number of carbonyl (C=O) groups is 3. The highest BCUT2D eigenvalue weighted by molar-refractivity contribution is 5.89. The molecule has 0 radical (unpaired) electrons. The molecule has 0 saturated carbocycles. The number of alkyl carbamates (subject to hydrolysis) is 1. The van der Waals surface area contributed by atoms with Crippen LogP contribution in [0.15, 0.2) is 12.1 Å². The molecule has 0 aliphatic carbocycles. The first kappa shape index (κ1) is 22.3. The molecule has 4 N–H and O–H groups in total. The van der Waals surface area contributed by atoms with Crippen molar-refractivity contribution >= 4 is 18.0 Å². The summed E-state index contributed by atoms with van der Waals surface area (Å²) in [6.07, 6.45) is -0.658.